The van der Waals surface area contributed by atoms with Crippen molar-refractivity contribution in [2.24, 2.45) is 5.16 Å². The number of amides is 2. The number of aliphatic carboxylic acids is 1. The Bertz CT molecular complexity index is 1380. The molecule has 4 heterocycles. The summed E-state index contributed by atoms with van der Waals surface area (Å²) >= 11 is 3.86. The number of hydrogen-bond acceptors (Lipinski definition) is 13. The summed E-state index contributed by atoms with van der Waals surface area (Å²) in [6, 6.07) is 0.622. The fourth-order valence-corrected chi connectivity index (χ4v) is 6.98. The summed E-state index contributed by atoms with van der Waals surface area (Å²) in [4.78, 5) is 52.2. The molecular weight excluding hydrogens is 567 g/mol. The van der Waals surface area contributed by atoms with Gasteiger partial charge in [0.1, 0.15) is 23.3 Å². The molecule has 0 bridgehead atoms. The number of hydrogen-bond donors (Lipinski definition) is 5. The first-order chi connectivity index (χ1) is 18.6. The standard InChI is InChI=1S/C22H25N9O5S3/c1-3-4-30-14(24)5-13(23)28-22(30)39-8-11-7-37-19-16(18(33)31(19)17(11)20(34)35)29-15(32)6-26-36-10(2)12-9-38-21(25)27-12/h3,5-6,9-10,16,19H,1,4,7-8H2,2H3,(H7,23,24,25,27,29,32,34,35)/p+1/b26-6-. The lowest BCUT2D eigenvalue weighted by atomic mass is 10.0. The number of thiazole rings is 1. The van der Waals surface area contributed by atoms with Crippen molar-refractivity contribution in [1.29, 1.82) is 0 Å². The van der Waals surface area contributed by atoms with E-state index in [1.54, 1.807) is 22.9 Å². The van der Waals surface area contributed by atoms with Crippen molar-refractivity contribution < 1.29 is 28.9 Å². The zero-order valence-electron chi connectivity index (χ0n) is 20.6. The van der Waals surface area contributed by atoms with Crippen molar-refractivity contribution in [2.75, 3.05) is 28.7 Å². The number of thioether (sulfide) groups is 2. The molecular formula is C22H26N9O5S3+. The number of β-lactam (4-membered cyclic amide) rings is 1. The van der Waals surface area contributed by atoms with Crippen molar-refractivity contribution in [3.63, 3.8) is 0 Å². The highest BCUT2D eigenvalue weighted by Crippen LogP contribution is 2.41. The van der Waals surface area contributed by atoms with Crippen LogP contribution in [0.15, 0.2) is 45.7 Å². The van der Waals surface area contributed by atoms with Crippen LogP contribution in [0.1, 0.15) is 18.7 Å². The number of carboxylic acids is 1. The molecule has 2 aromatic heterocycles. The Morgan fingerprint density at radius 1 is 1.44 bits per heavy atom. The molecule has 14 nitrogen and oxygen atoms in total. The molecule has 2 aliphatic rings. The molecule has 2 amide bonds. The van der Waals surface area contributed by atoms with Crippen molar-refractivity contribution in [3.05, 3.63) is 41.1 Å². The average Bonchev–Trinajstić information content (AvgIpc) is 3.33. The van der Waals surface area contributed by atoms with Crippen molar-refractivity contribution in [2.45, 2.75) is 36.1 Å². The molecule has 1 saturated heterocycles. The molecule has 3 atom stereocenters. The SMILES string of the molecule is C=CC[n+]1c(N)cc(N)nc1SCC1=C(C(=O)O)N2C(=O)C(NC(=O)/C=N\OC(C)c3csc(N)n3)C2SC1. The highest BCUT2D eigenvalue weighted by Gasteiger charge is 2.54. The number of carbonyl (C=O) groups excluding carboxylic acids is 2. The van der Waals surface area contributed by atoms with Gasteiger partial charge in [-0.3, -0.25) is 14.5 Å². The van der Waals surface area contributed by atoms with E-state index in [1.165, 1.54) is 45.8 Å². The van der Waals surface area contributed by atoms with Crippen molar-refractivity contribution in [3.8, 4) is 0 Å². The van der Waals surface area contributed by atoms with E-state index in [0.29, 0.717) is 39.7 Å². The largest absolute Gasteiger partial charge is 0.477 e. The molecule has 3 unspecified atom stereocenters. The maximum Gasteiger partial charge on any atom is 0.352 e. The molecule has 1 fully saturated rings. The summed E-state index contributed by atoms with van der Waals surface area (Å²) in [7, 11) is 0. The molecule has 17 heteroatoms. The number of nitrogens with two attached hydrogens (primary N) is 3. The van der Waals surface area contributed by atoms with E-state index in [2.05, 4.69) is 27.0 Å². The summed E-state index contributed by atoms with van der Waals surface area (Å²) in [5, 5.41) is 18.2. The Labute approximate surface area is 235 Å². The maximum absolute atomic E-state index is 12.9. The van der Waals surface area contributed by atoms with Gasteiger partial charge < -0.3 is 32.5 Å². The summed E-state index contributed by atoms with van der Waals surface area (Å²) in [5.74, 6) is -1.23. The van der Waals surface area contributed by atoms with Crippen LogP contribution in [0.4, 0.5) is 16.8 Å². The Kier molecular flexibility index (Phi) is 8.61. The number of carbonyl (C=O) groups is 3. The third-order valence-corrected chi connectivity index (χ3v) is 8.74. The number of nitrogens with one attached hydrogen (secondary N) is 1. The van der Waals surface area contributed by atoms with Crippen LogP contribution in [0, 0.1) is 0 Å². The Morgan fingerprint density at radius 2 is 2.21 bits per heavy atom. The minimum Gasteiger partial charge on any atom is -0.477 e. The lowest BCUT2D eigenvalue weighted by Gasteiger charge is -2.49. The van der Waals surface area contributed by atoms with Crippen LogP contribution in [0.3, 0.4) is 0 Å². The van der Waals surface area contributed by atoms with Gasteiger partial charge >= 0.3 is 11.1 Å². The summed E-state index contributed by atoms with van der Waals surface area (Å²) in [6.07, 6.45) is 2.04. The molecule has 0 radical (unpaired) electrons. The van der Waals surface area contributed by atoms with Crippen LogP contribution in [-0.2, 0) is 25.8 Å². The predicted molar refractivity (Wildman–Crippen MR) is 148 cm³/mol. The summed E-state index contributed by atoms with van der Waals surface area (Å²) in [6.45, 7) is 5.80. The second kappa shape index (κ2) is 11.9. The van der Waals surface area contributed by atoms with Crippen LogP contribution >= 0.6 is 34.9 Å². The number of carboxylic acid groups (broad SMARTS) is 1. The minimum absolute atomic E-state index is 0.109. The molecule has 4 rings (SSSR count). The van der Waals surface area contributed by atoms with Crippen LogP contribution in [0.25, 0.3) is 0 Å². The van der Waals surface area contributed by atoms with Gasteiger partial charge in [-0.15, -0.1) is 23.1 Å². The molecule has 0 aliphatic carbocycles. The monoisotopic (exact) mass is 592 g/mol. The van der Waals surface area contributed by atoms with E-state index >= 15 is 0 Å². The fraction of sp³-hybridized carbons (Fsp3) is 0.318. The number of rotatable bonds is 11. The zero-order valence-corrected chi connectivity index (χ0v) is 23.1. The Hall–Kier alpha value is -3.83. The molecule has 2 aromatic rings. The van der Waals surface area contributed by atoms with Crippen LogP contribution in [0.2, 0.25) is 0 Å². The topological polar surface area (TPSA) is 216 Å². The molecule has 2 aliphatic heterocycles. The fourth-order valence-electron chi connectivity index (χ4n) is 3.81. The van der Waals surface area contributed by atoms with Gasteiger partial charge in [0.05, 0.1) is 18.3 Å². The van der Waals surface area contributed by atoms with Gasteiger partial charge in [0.15, 0.2) is 11.2 Å². The normalized spacial score (nSPS) is 19.4. The lowest BCUT2D eigenvalue weighted by molar-refractivity contribution is -0.713. The third-order valence-electron chi connectivity index (χ3n) is 5.64. The first kappa shape index (κ1) is 28.2. The van der Waals surface area contributed by atoms with Gasteiger partial charge in [-0.25, -0.2) is 14.3 Å². The van der Waals surface area contributed by atoms with Gasteiger partial charge in [-0.2, -0.15) is 0 Å². The first-order valence-electron chi connectivity index (χ1n) is 11.4. The minimum atomic E-state index is -1.24. The first-order valence-corrected chi connectivity index (χ1v) is 14.3. The number of oxime groups is 1. The third kappa shape index (κ3) is 6.10. The number of nitrogen functional groups attached to an aromatic ring is 3. The predicted octanol–water partition coefficient (Wildman–Crippen LogP) is 0.353. The van der Waals surface area contributed by atoms with Gasteiger partial charge in [0, 0.05) is 16.9 Å². The van der Waals surface area contributed by atoms with E-state index in [9.17, 15) is 19.5 Å². The second-order valence-electron chi connectivity index (χ2n) is 8.32. The zero-order chi connectivity index (χ0) is 28.3. The van der Waals surface area contributed by atoms with E-state index < -0.39 is 35.3 Å². The van der Waals surface area contributed by atoms with Gasteiger partial charge in [-0.1, -0.05) is 22.8 Å². The van der Waals surface area contributed by atoms with Gasteiger partial charge in [0.2, 0.25) is 11.6 Å². The van der Waals surface area contributed by atoms with E-state index in [-0.39, 0.29) is 17.3 Å². The van der Waals surface area contributed by atoms with Gasteiger partial charge in [-0.05, 0) is 24.3 Å². The van der Waals surface area contributed by atoms with E-state index in [4.69, 9.17) is 22.0 Å². The number of anilines is 3. The molecule has 206 valence electrons. The molecule has 39 heavy (non-hydrogen) atoms. The lowest BCUT2D eigenvalue weighted by Crippen LogP contribution is -2.70. The maximum atomic E-state index is 12.9. The highest BCUT2D eigenvalue weighted by atomic mass is 32.2. The van der Waals surface area contributed by atoms with Crippen molar-refractivity contribution >= 4 is 75.6 Å². The van der Waals surface area contributed by atoms with Crippen molar-refractivity contribution in [1.82, 2.24) is 20.2 Å². The number of allylic oxidation sites excluding steroid dienone is 1. The van der Waals surface area contributed by atoms with E-state index in [1.807, 2.05) is 0 Å². The summed E-state index contributed by atoms with van der Waals surface area (Å²) < 4.78 is 1.70. The molecule has 0 saturated carbocycles. The molecule has 8 N–H and O–H groups in total. The van der Waals surface area contributed by atoms with Crippen LogP contribution in [-0.4, -0.2) is 66.9 Å². The van der Waals surface area contributed by atoms with Crippen LogP contribution in [0.5, 0.6) is 0 Å². The van der Waals surface area contributed by atoms with Gasteiger partial charge in [0.25, 0.3) is 11.8 Å². The Balaban J connectivity index is 1.40. The average molecular weight is 593 g/mol. The van der Waals surface area contributed by atoms with E-state index in [0.717, 1.165) is 6.21 Å². The van der Waals surface area contributed by atoms with Crippen LogP contribution < -0.4 is 27.1 Å². The smallest absolute Gasteiger partial charge is 0.352 e. The number of aromatic nitrogens is 3. The number of fused-ring (bicyclic) bond motifs is 1. The number of nitrogens with zero attached hydrogens (tertiary/aromatic N) is 5. The molecule has 0 spiro atoms. The quantitative estimate of drug-likeness (QED) is 0.0454. The second-order valence-corrected chi connectivity index (χ2v) is 11.3. The molecule has 0 aromatic carbocycles. The highest BCUT2D eigenvalue weighted by molar-refractivity contribution is 8.01. The Morgan fingerprint density at radius 3 is 2.87 bits per heavy atom. The summed E-state index contributed by atoms with van der Waals surface area (Å²) in [5.41, 5.74) is 18.5.